The zero-order chi connectivity index (χ0) is 36.0. The van der Waals surface area contributed by atoms with Crippen molar-refractivity contribution in [2.75, 3.05) is 4.90 Å². The molecule has 0 heterocycles. The van der Waals surface area contributed by atoms with Gasteiger partial charge in [0.05, 0.1) is 0 Å². The van der Waals surface area contributed by atoms with E-state index in [-0.39, 0.29) is 5.41 Å². The van der Waals surface area contributed by atoms with Crippen molar-refractivity contribution in [2.24, 2.45) is 0 Å². The highest BCUT2D eigenvalue weighted by Crippen LogP contribution is 2.55. The predicted molar refractivity (Wildman–Crippen MR) is 232 cm³/mol. The number of nitrogens with zero attached hydrogens (tertiary/aromatic N) is 1. The van der Waals surface area contributed by atoms with E-state index in [1.165, 1.54) is 87.2 Å². The van der Waals surface area contributed by atoms with Crippen molar-refractivity contribution in [1.82, 2.24) is 0 Å². The second-order valence-electron chi connectivity index (χ2n) is 15.4. The van der Waals surface area contributed by atoms with Crippen molar-refractivity contribution in [2.45, 2.75) is 19.3 Å². The molecule has 0 fully saturated rings. The zero-order valence-corrected chi connectivity index (χ0v) is 30.3. The third-order valence-electron chi connectivity index (χ3n) is 11.9. The van der Waals surface area contributed by atoms with Gasteiger partial charge in [0.15, 0.2) is 0 Å². The summed E-state index contributed by atoms with van der Waals surface area (Å²) in [5.41, 5.74) is 11.3. The van der Waals surface area contributed by atoms with Crippen LogP contribution in [-0.4, -0.2) is 0 Å². The van der Waals surface area contributed by atoms with Crippen LogP contribution in [0.3, 0.4) is 0 Å². The smallest absolute Gasteiger partial charge is 0.0468 e. The molecule has 0 radical (unpaired) electrons. The Morgan fingerprint density at radius 3 is 1.46 bits per heavy atom. The van der Waals surface area contributed by atoms with Gasteiger partial charge in [-0.2, -0.15) is 0 Å². The third-order valence-corrected chi connectivity index (χ3v) is 11.9. The summed E-state index contributed by atoms with van der Waals surface area (Å²) < 4.78 is 0. The average molecular weight is 688 g/mol. The fraction of sp³-hybridized carbons (Fsp3) is 0.0566. The van der Waals surface area contributed by atoms with Crippen LogP contribution in [-0.2, 0) is 5.41 Å². The largest absolute Gasteiger partial charge is 0.310 e. The first kappa shape index (κ1) is 30.9. The molecule has 10 aromatic rings. The maximum absolute atomic E-state index is 2.49. The Bertz CT molecular complexity index is 3070. The molecule has 1 aliphatic rings. The highest BCUT2D eigenvalue weighted by Gasteiger charge is 2.38. The summed E-state index contributed by atoms with van der Waals surface area (Å²) in [7, 11) is 0. The van der Waals surface area contributed by atoms with E-state index in [1.807, 2.05) is 0 Å². The van der Waals surface area contributed by atoms with Crippen molar-refractivity contribution >= 4 is 70.9 Å². The van der Waals surface area contributed by atoms with Gasteiger partial charge in [-0.3, -0.25) is 0 Å². The molecule has 0 atom stereocenters. The number of anilines is 3. The maximum atomic E-state index is 2.49. The number of hydrogen-bond donors (Lipinski definition) is 0. The molecule has 0 saturated heterocycles. The van der Waals surface area contributed by atoms with Crippen molar-refractivity contribution < 1.29 is 0 Å². The van der Waals surface area contributed by atoms with Crippen molar-refractivity contribution in [3.05, 3.63) is 199 Å². The van der Waals surface area contributed by atoms with Crippen LogP contribution in [0.1, 0.15) is 25.0 Å². The molecule has 0 spiro atoms. The van der Waals surface area contributed by atoms with E-state index in [0.717, 1.165) is 17.1 Å². The zero-order valence-electron chi connectivity index (χ0n) is 30.3. The second-order valence-corrected chi connectivity index (χ2v) is 15.4. The van der Waals surface area contributed by atoms with Crippen LogP contribution in [0.4, 0.5) is 17.1 Å². The molecule has 54 heavy (non-hydrogen) atoms. The molecule has 0 unspecified atom stereocenters. The van der Waals surface area contributed by atoms with E-state index in [4.69, 9.17) is 0 Å². The van der Waals surface area contributed by atoms with Crippen LogP contribution < -0.4 is 4.90 Å². The van der Waals surface area contributed by atoms with Crippen LogP contribution in [0.5, 0.6) is 0 Å². The Morgan fingerprint density at radius 2 is 0.833 bits per heavy atom. The average Bonchev–Trinajstić information content (AvgIpc) is 3.46. The van der Waals surface area contributed by atoms with Gasteiger partial charge < -0.3 is 4.90 Å². The summed E-state index contributed by atoms with van der Waals surface area (Å²) >= 11 is 0. The van der Waals surface area contributed by atoms with Gasteiger partial charge in [-0.25, -0.2) is 0 Å². The standard InChI is InChI=1S/C53H37N/c1-53(2)50-33-49(40-20-19-34-11-3-6-14-37(34)29-40)46-17-9-10-18-47(46)51(50)48-27-23-41-32-44(26-28-45(41)52(48)53)54(42-24-21-35-12-4-7-15-38(35)30-42)43-25-22-36-13-5-8-16-39(36)31-43/h3-33H,1-2H3. The SMILES string of the molecule is CC1(C)c2cc(-c3ccc4ccccc4c3)c3ccccc3c2-c2ccc3cc(N(c4ccc5ccccc5c4)c4ccc5ccccc5c4)ccc3c21. The summed E-state index contributed by atoms with van der Waals surface area (Å²) in [4.78, 5) is 2.41. The molecule has 10 aromatic carbocycles. The van der Waals surface area contributed by atoms with Gasteiger partial charge in [-0.05, 0) is 136 Å². The van der Waals surface area contributed by atoms with E-state index in [1.54, 1.807) is 0 Å². The van der Waals surface area contributed by atoms with Crippen molar-refractivity contribution in [3.8, 4) is 22.3 Å². The van der Waals surface area contributed by atoms with Crippen LogP contribution in [0, 0.1) is 0 Å². The van der Waals surface area contributed by atoms with Crippen LogP contribution in [0.15, 0.2) is 188 Å². The molecule has 11 rings (SSSR count). The number of rotatable bonds is 4. The minimum Gasteiger partial charge on any atom is -0.310 e. The minimum absolute atomic E-state index is 0.197. The van der Waals surface area contributed by atoms with Crippen LogP contribution >= 0.6 is 0 Å². The van der Waals surface area contributed by atoms with Crippen molar-refractivity contribution in [1.29, 1.82) is 0 Å². The maximum Gasteiger partial charge on any atom is 0.0468 e. The lowest BCUT2D eigenvalue weighted by atomic mass is 9.79. The van der Waals surface area contributed by atoms with Gasteiger partial charge in [-0.1, -0.05) is 153 Å². The summed E-state index contributed by atoms with van der Waals surface area (Å²) in [5, 5.41) is 12.7. The molecule has 0 amide bonds. The molecule has 1 nitrogen and oxygen atoms in total. The van der Waals surface area contributed by atoms with Crippen LogP contribution in [0.25, 0.3) is 76.1 Å². The fourth-order valence-corrected chi connectivity index (χ4v) is 9.31. The van der Waals surface area contributed by atoms with E-state index in [0.29, 0.717) is 0 Å². The summed E-state index contributed by atoms with van der Waals surface area (Å²) in [6.45, 7) is 4.83. The summed E-state index contributed by atoms with van der Waals surface area (Å²) in [6.07, 6.45) is 0. The first-order chi connectivity index (χ1) is 26.5. The molecule has 1 heteroatoms. The minimum atomic E-state index is -0.197. The Hall–Kier alpha value is -6.70. The Labute approximate surface area is 315 Å². The predicted octanol–water partition coefficient (Wildman–Crippen LogP) is 14.9. The second kappa shape index (κ2) is 11.7. The Kier molecular flexibility index (Phi) is 6.66. The topological polar surface area (TPSA) is 3.24 Å². The molecule has 0 saturated carbocycles. The lowest BCUT2D eigenvalue weighted by Gasteiger charge is -2.28. The highest BCUT2D eigenvalue weighted by molar-refractivity contribution is 6.12. The summed E-state index contributed by atoms with van der Waals surface area (Å²) in [5.74, 6) is 0. The molecule has 0 aliphatic heterocycles. The molecule has 1 aliphatic carbocycles. The van der Waals surface area contributed by atoms with Gasteiger partial charge in [0.2, 0.25) is 0 Å². The monoisotopic (exact) mass is 687 g/mol. The van der Waals surface area contributed by atoms with E-state index < -0.39 is 0 Å². The first-order valence-electron chi connectivity index (χ1n) is 18.9. The van der Waals surface area contributed by atoms with E-state index in [2.05, 4.69) is 207 Å². The molecular formula is C53H37N. The van der Waals surface area contributed by atoms with E-state index >= 15 is 0 Å². The normalized spacial score (nSPS) is 13.1. The first-order valence-corrected chi connectivity index (χ1v) is 18.9. The quantitative estimate of drug-likeness (QED) is 0.178. The van der Waals surface area contributed by atoms with Gasteiger partial charge in [0, 0.05) is 22.5 Å². The summed E-state index contributed by atoms with van der Waals surface area (Å²) in [6, 6.07) is 69.7. The number of hydrogen-bond acceptors (Lipinski definition) is 1. The fourth-order valence-electron chi connectivity index (χ4n) is 9.31. The Balaban J connectivity index is 1.09. The van der Waals surface area contributed by atoms with Crippen LogP contribution in [0.2, 0.25) is 0 Å². The van der Waals surface area contributed by atoms with Crippen molar-refractivity contribution in [3.63, 3.8) is 0 Å². The number of fused-ring (bicyclic) bond motifs is 10. The van der Waals surface area contributed by atoms with Gasteiger partial charge >= 0.3 is 0 Å². The third kappa shape index (κ3) is 4.65. The van der Waals surface area contributed by atoms with Gasteiger partial charge in [0.25, 0.3) is 0 Å². The van der Waals surface area contributed by atoms with Gasteiger partial charge in [0.1, 0.15) is 0 Å². The molecule has 254 valence electrons. The molecule has 0 aromatic heterocycles. The lowest BCUT2D eigenvalue weighted by molar-refractivity contribution is 0.667. The molecular weight excluding hydrogens is 651 g/mol. The Morgan fingerprint density at radius 1 is 0.352 bits per heavy atom. The van der Waals surface area contributed by atoms with Gasteiger partial charge in [-0.15, -0.1) is 0 Å². The highest BCUT2D eigenvalue weighted by atomic mass is 15.1. The molecule has 0 N–H and O–H groups in total. The van der Waals surface area contributed by atoms with E-state index in [9.17, 15) is 0 Å². The molecule has 0 bridgehead atoms. The lowest BCUT2D eigenvalue weighted by Crippen LogP contribution is -2.16. The number of benzene rings is 10.